The molecule has 14 heavy (non-hydrogen) atoms. The molecular formula is C12H25NO. The Labute approximate surface area is 88.1 Å². The quantitative estimate of drug-likeness (QED) is 0.728. The van der Waals surface area contributed by atoms with Gasteiger partial charge in [0.1, 0.15) is 0 Å². The van der Waals surface area contributed by atoms with Gasteiger partial charge in [-0.25, -0.2) is 0 Å². The first kappa shape index (κ1) is 12.0. The zero-order valence-electron chi connectivity index (χ0n) is 9.84. The highest BCUT2D eigenvalue weighted by Crippen LogP contribution is 2.24. The molecule has 0 saturated heterocycles. The molecule has 0 aromatic heterocycles. The Morgan fingerprint density at radius 3 is 2.29 bits per heavy atom. The van der Waals surface area contributed by atoms with Gasteiger partial charge in [0.15, 0.2) is 0 Å². The Morgan fingerprint density at radius 1 is 1.21 bits per heavy atom. The predicted molar refractivity (Wildman–Crippen MR) is 60.3 cm³/mol. The molecule has 0 bridgehead atoms. The molecule has 1 saturated carbocycles. The van der Waals surface area contributed by atoms with Crippen molar-refractivity contribution in [2.24, 2.45) is 5.92 Å². The first-order valence-corrected chi connectivity index (χ1v) is 5.96. The molecule has 1 aliphatic rings. The van der Waals surface area contributed by atoms with Gasteiger partial charge >= 0.3 is 0 Å². The molecule has 0 unspecified atom stereocenters. The van der Waals surface area contributed by atoms with E-state index in [-0.39, 0.29) is 11.6 Å². The van der Waals surface area contributed by atoms with E-state index in [0.29, 0.717) is 0 Å². The van der Waals surface area contributed by atoms with E-state index in [0.717, 1.165) is 25.3 Å². The van der Waals surface area contributed by atoms with Crippen molar-refractivity contribution in [3.8, 4) is 0 Å². The predicted octanol–water partition coefficient (Wildman–Crippen LogP) is 2.32. The molecule has 0 amide bonds. The summed E-state index contributed by atoms with van der Waals surface area (Å²) in [5.41, 5.74) is 0.274. The number of rotatable bonds is 4. The summed E-state index contributed by atoms with van der Waals surface area (Å²) in [6.45, 7) is 7.85. The lowest BCUT2D eigenvalue weighted by Crippen LogP contribution is -2.42. The fraction of sp³-hybridized carbons (Fsp3) is 1.00. The molecule has 0 aliphatic heterocycles. The summed E-state index contributed by atoms with van der Waals surface area (Å²) in [6.07, 6.45) is 5.52. The maximum atomic E-state index is 9.38. The number of nitrogens with one attached hydrogen (secondary N) is 1. The third kappa shape index (κ3) is 3.97. The maximum Gasteiger partial charge on any atom is 0.0540 e. The first-order valence-electron chi connectivity index (χ1n) is 5.96. The zero-order chi connectivity index (χ0) is 10.6. The van der Waals surface area contributed by atoms with Crippen LogP contribution < -0.4 is 5.32 Å². The molecule has 1 aliphatic carbocycles. The van der Waals surface area contributed by atoms with Crippen molar-refractivity contribution >= 4 is 0 Å². The average Bonchev–Trinajstić information content (AvgIpc) is 2.17. The third-order valence-electron chi connectivity index (χ3n) is 3.57. The van der Waals surface area contributed by atoms with Gasteiger partial charge in [-0.15, -0.1) is 0 Å². The van der Waals surface area contributed by atoms with Crippen LogP contribution in [0.3, 0.4) is 0 Å². The van der Waals surface area contributed by atoms with Gasteiger partial charge in [0.05, 0.1) is 6.10 Å². The molecule has 0 radical (unpaired) electrons. The van der Waals surface area contributed by atoms with Gasteiger partial charge in [-0.1, -0.05) is 6.92 Å². The summed E-state index contributed by atoms with van der Waals surface area (Å²) in [5.74, 6) is 0.782. The Morgan fingerprint density at radius 2 is 1.79 bits per heavy atom. The highest BCUT2D eigenvalue weighted by molar-refractivity contribution is 4.79. The van der Waals surface area contributed by atoms with Gasteiger partial charge in [0, 0.05) is 5.54 Å². The normalized spacial score (nSPS) is 29.1. The minimum absolute atomic E-state index is 0.0227. The van der Waals surface area contributed by atoms with E-state index in [9.17, 15) is 5.11 Å². The van der Waals surface area contributed by atoms with E-state index in [1.165, 1.54) is 19.3 Å². The van der Waals surface area contributed by atoms with Crippen molar-refractivity contribution in [2.45, 2.75) is 64.5 Å². The van der Waals surface area contributed by atoms with Gasteiger partial charge in [-0.2, -0.15) is 0 Å². The minimum Gasteiger partial charge on any atom is -0.393 e. The Hall–Kier alpha value is -0.0800. The first-order chi connectivity index (χ1) is 6.53. The number of aliphatic hydroxyl groups is 1. The molecule has 0 aromatic carbocycles. The van der Waals surface area contributed by atoms with Crippen LogP contribution in [0.5, 0.6) is 0 Å². The third-order valence-corrected chi connectivity index (χ3v) is 3.57. The van der Waals surface area contributed by atoms with Crippen LogP contribution in [-0.2, 0) is 0 Å². The van der Waals surface area contributed by atoms with E-state index < -0.39 is 0 Å². The van der Waals surface area contributed by atoms with Crippen molar-refractivity contribution in [3.05, 3.63) is 0 Å². The highest BCUT2D eigenvalue weighted by Gasteiger charge is 2.21. The molecule has 0 heterocycles. The average molecular weight is 199 g/mol. The molecule has 0 spiro atoms. The van der Waals surface area contributed by atoms with Crippen LogP contribution in [0.25, 0.3) is 0 Å². The van der Waals surface area contributed by atoms with E-state index in [4.69, 9.17) is 0 Å². The van der Waals surface area contributed by atoms with Crippen molar-refractivity contribution in [3.63, 3.8) is 0 Å². The molecule has 84 valence electrons. The topological polar surface area (TPSA) is 32.3 Å². The summed E-state index contributed by atoms with van der Waals surface area (Å²) in [5, 5.41) is 13.0. The van der Waals surface area contributed by atoms with Crippen LogP contribution in [0, 0.1) is 5.92 Å². The minimum atomic E-state index is -0.0227. The summed E-state index contributed by atoms with van der Waals surface area (Å²) >= 11 is 0. The fourth-order valence-corrected chi connectivity index (χ4v) is 1.89. The SMILES string of the molecule is CCC(C)(C)NCC1CCC(O)CC1. The largest absolute Gasteiger partial charge is 0.393 e. The molecular weight excluding hydrogens is 174 g/mol. The van der Waals surface area contributed by atoms with Crippen LogP contribution in [0.4, 0.5) is 0 Å². The monoisotopic (exact) mass is 199 g/mol. The number of hydrogen-bond donors (Lipinski definition) is 2. The van der Waals surface area contributed by atoms with Gasteiger partial charge < -0.3 is 10.4 Å². The zero-order valence-corrected chi connectivity index (χ0v) is 9.84. The molecule has 0 aromatic rings. The fourth-order valence-electron chi connectivity index (χ4n) is 1.89. The molecule has 2 heteroatoms. The second-order valence-electron chi connectivity index (χ2n) is 5.29. The number of aliphatic hydroxyl groups excluding tert-OH is 1. The molecule has 2 N–H and O–H groups in total. The van der Waals surface area contributed by atoms with E-state index in [1.807, 2.05) is 0 Å². The lowest BCUT2D eigenvalue weighted by Gasteiger charge is -2.31. The van der Waals surface area contributed by atoms with Gasteiger partial charge in [0.25, 0.3) is 0 Å². The molecule has 1 fully saturated rings. The summed E-state index contributed by atoms with van der Waals surface area (Å²) in [4.78, 5) is 0. The van der Waals surface area contributed by atoms with Crippen LogP contribution in [-0.4, -0.2) is 23.3 Å². The lowest BCUT2D eigenvalue weighted by molar-refractivity contribution is 0.106. The summed E-state index contributed by atoms with van der Waals surface area (Å²) in [6, 6.07) is 0. The molecule has 1 rings (SSSR count). The highest BCUT2D eigenvalue weighted by atomic mass is 16.3. The van der Waals surface area contributed by atoms with Crippen molar-refractivity contribution in [1.82, 2.24) is 5.32 Å². The van der Waals surface area contributed by atoms with Gasteiger partial charge in [-0.3, -0.25) is 0 Å². The molecule has 0 atom stereocenters. The lowest BCUT2D eigenvalue weighted by atomic mass is 9.87. The van der Waals surface area contributed by atoms with Crippen LogP contribution in [0.15, 0.2) is 0 Å². The summed E-state index contributed by atoms with van der Waals surface area (Å²) < 4.78 is 0. The van der Waals surface area contributed by atoms with Crippen LogP contribution >= 0.6 is 0 Å². The summed E-state index contributed by atoms with van der Waals surface area (Å²) in [7, 11) is 0. The Bertz CT molecular complexity index is 160. The standard InChI is InChI=1S/C12H25NO/c1-4-12(2,3)13-9-10-5-7-11(14)8-6-10/h10-11,13-14H,4-9H2,1-3H3. The van der Waals surface area contributed by atoms with E-state index in [1.54, 1.807) is 0 Å². The maximum absolute atomic E-state index is 9.38. The van der Waals surface area contributed by atoms with Crippen molar-refractivity contribution in [2.75, 3.05) is 6.54 Å². The smallest absolute Gasteiger partial charge is 0.0540 e. The molecule has 2 nitrogen and oxygen atoms in total. The van der Waals surface area contributed by atoms with Crippen LogP contribution in [0.2, 0.25) is 0 Å². The van der Waals surface area contributed by atoms with Crippen molar-refractivity contribution < 1.29 is 5.11 Å². The van der Waals surface area contributed by atoms with E-state index >= 15 is 0 Å². The van der Waals surface area contributed by atoms with Gasteiger partial charge in [-0.05, 0) is 58.4 Å². The van der Waals surface area contributed by atoms with Gasteiger partial charge in [0.2, 0.25) is 0 Å². The number of hydrogen-bond acceptors (Lipinski definition) is 2. The van der Waals surface area contributed by atoms with E-state index in [2.05, 4.69) is 26.1 Å². The second kappa shape index (κ2) is 5.13. The van der Waals surface area contributed by atoms with Crippen LogP contribution in [0.1, 0.15) is 52.9 Å². The Balaban J connectivity index is 2.19. The Kier molecular flexibility index (Phi) is 4.39. The second-order valence-corrected chi connectivity index (χ2v) is 5.29. The van der Waals surface area contributed by atoms with Crippen molar-refractivity contribution in [1.29, 1.82) is 0 Å².